The minimum atomic E-state index is -4.72. The van der Waals surface area contributed by atoms with E-state index in [1.54, 1.807) is 6.92 Å². The molecule has 0 fully saturated rings. The van der Waals surface area contributed by atoms with Crippen molar-refractivity contribution in [2.75, 3.05) is 0 Å². The van der Waals surface area contributed by atoms with Crippen LogP contribution >= 0.6 is 11.8 Å². The lowest BCUT2D eigenvalue weighted by molar-refractivity contribution is -0.138. The van der Waals surface area contributed by atoms with Crippen LogP contribution in [-0.2, 0) is 6.18 Å². The van der Waals surface area contributed by atoms with Gasteiger partial charge in [0.15, 0.2) is 0 Å². The van der Waals surface area contributed by atoms with E-state index in [1.807, 2.05) is 0 Å². The molecule has 0 aliphatic rings. The fourth-order valence-electron chi connectivity index (χ4n) is 1.43. The Balaban J connectivity index is 2.38. The first kappa shape index (κ1) is 14.4. The molecule has 1 heterocycles. The normalized spacial score (nSPS) is 11.6. The minimum absolute atomic E-state index is 0.124. The number of hydrogen-bond donors (Lipinski definition) is 1. The van der Waals surface area contributed by atoms with Gasteiger partial charge < -0.3 is 9.52 Å². The van der Waals surface area contributed by atoms with Crippen molar-refractivity contribution >= 4 is 17.7 Å². The number of rotatable bonds is 3. The third kappa shape index (κ3) is 3.10. The first-order valence-corrected chi connectivity index (χ1v) is 6.01. The molecule has 9 heteroatoms. The van der Waals surface area contributed by atoms with Gasteiger partial charge in [-0.2, -0.15) is 13.2 Å². The van der Waals surface area contributed by atoms with Crippen molar-refractivity contribution < 1.29 is 27.5 Å². The Labute approximate surface area is 114 Å². The van der Waals surface area contributed by atoms with E-state index in [-0.39, 0.29) is 10.1 Å². The molecule has 20 heavy (non-hydrogen) atoms. The van der Waals surface area contributed by atoms with Gasteiger partial charge in [0.1, 0.15) is 0 Å². The maximum atomic E-state index is 12.7. The molecule has 0 amide bonds. The van der Waals surface area contributed by atoms with Gasteiger partial charge in [0, 0.05) is 11.8 Å². The zero-order valence-corrected chi connectivity index (χ0v) is 10.7. The Hall–Kier alpha value is -2.03. The first-order valence-electron chi connectivity index (χ1n) is 5.20. The largest absolute Gasteiger partial charge is 0.478 e. The monoisotopic (exact) mass is 304 g/mol. The molecule has 1 N–H and O–H groups in total. The number of carbonyl (C=O) groups is 1. The minimum Gasteiger partial charge on any atom is -0.478 e. The Morgan fingerprint density at radius 1 is 1.35 bits per heavy atom. The van der Waals surface area contributed by atoms with Crippen LogP contribution in [0.15, 0.2) is 32.7 Å². The summed E-state index contributed by atoms with van der Waals surface area (Å²) in [7, 11) is 0. The second-order valence-electron chi connectivity index (χ2n) is 3.70. The number of carboxylic acids is 1. The van der Waals surface area contributed by atoms with E-state index < -0.39 is 23.3 Å². The molecule has 0 bridgehead atoms. The highest BCUT2D eigenvalue weighted by molar-refractivity contribution is 7.99. The molecule has 0 atom stereocenters. The second-order valence-corrected chi connectivity index (χ2v) is 4.72. The van der Waals surface area contributed by atoms with Crippen molar-refractivity contribution in [3.63, 3.8) is 0 Å². The molecule has 106 valence electrons. The highest BCUT2D eigenvalue weighted by Crippen LogP contribution is 2.35. The van der Waals surface area contributed by atoms with Crippen LogP contribution in [0.2, 0.25) is 0 Å². The molecule has 0 saturated heterocycles. The topological polar surface area (TPSA) is 76.2 Å². The molecule has 0 saturated carbocycles. The third-order valence-electron chi connectivity index (χ3n) is 2.24. The molecule has 0 aliphatic carbocycles. The van der Waals surface area contributed by atoms with Crippen LogP contribution < -0.4 is 0 Å². The molecule has 2 rings (SSSR count). The first-order chi connectivity index (χ1) is 9.27. The predicted octanol–water partition coefficient (Wildman–Crippen LogP) is 3.25. The van der Waals surface area contributed by atoms with Gasteiger partial charge in [0.2, 0.25) is 5.89 Å². The molecule has 5 nitrogen and oxygen atoms in total. The number of nitrogens with zero attached hydrogens (tertiary/aromatic N) is 2. The van der Waals surface area contributed by atoms with Crippen molar-refractivity contribution in [2.45, 2.75) is 23.2 Å². The van der Waals surface area contributed by atoms with Crippen LogP contribution in [0.1, 0.15) is 21.8 Å². The summed E-state index contributed by atoms with van der Waals surface area (Å²) in [5, 5.41) is 16.2. The Morgan fingerprint density at radius 2 is 2.05 bits per heavy atom. The Bertz CT molecular complexity index is 655. The van der Waals surface area contributed by atoms with Crippen LogP contribution in [0, 0.1) is 6.92 Å². The lowest BCUT2D eigenvalue weighted by Crippen LogP contribution is -2.12. The van der Waals surface area contributed by atoms with E-state index in [1.165, 1.54) is 0 Å². The van der Waals surface area contributed by atoms with Gasteiger partial charge in [-0.3, -0.25) is 0 Å². The number of carboxylic acid groups (broad SMARTS) is 1. The fourth-order valence-corrected chi connectivity index (χ4v) is 2.19. The smallest absolute Gasteiger partial charge is 0.417 e. The van der Waals surface area contributed by atoms with E-state index in [2.05, 4.69) is 10.2 Å². The number of halogens is 3. The van der Waals surface area contributed by atoms with E-state index >= 15 is 0 Å². The molecule has 0 aliphatic heterocycles. The van der Waals surface area contributed by atoms with Gasteiger partial charge in [-0.1, -0.05) is 0 Å². The van der Waals surface area contributed by atoms with Crippen LogP contribution in [0.5, 0.6) is 0 Å². The van der Waals surface area contributed by atoms with Gasteiger partial charge in [-0.05, 0) is 30.0 Å². The molecule has 1 aromatic heterocycles. The van der Waals surface area contributed by atoms with E-state index in [0.29, 0.717) is 5.89 Å². The predicted molar refractivity (Wildman–Crippen MR) is 61.6 cm³/mol. The van der Waals surface area contributed by atoms with E-state index in [0.717, 1.165) is 30.0 Å². The van der Waals surface area contributed by atoms with Gasteiger partial charge in [0.05, 0.1) is 11.1 Å². The summed E-state index contributed by atoms with van der Waals surface area (Å²) in [6.45, 7) is 1.56. The third-order valence-corrected chi connectivity index (χ3v) is 3.07. The number of alkyl halides is 3. The van der Waals surface area contributed by atoms with Gasteiger partial charge >= 0.3 is 12.1 Å². The summed E-state index contributed by atoms with van der Waals surface area (Å²) < 4.78 is 43.0. The van der Waals surface area contributed by atoms with Crippen LogP contribution in [0.4, 0.5) is 13.2 Å². The number of hydrogen-bond acceptors (Lipinski definition) is 5. The quantitative estimate of drug-likeness (QED) is 0.938. The van der Waals surface area contributed by atoms with E-state index in [9.17, 15) is 18.0 Å². The van der Waals surface area contributed by atoms with Gasteiger partial charge in [-0.15, -0.1) is 10.2 Å². The number of benzene rings is 1. The average Bonchev–Trinajstić information content (AvgIpc) is 2.73. The van der Waals surface area contributed by atoms with Gasteiger partial charge in [-0.25, -0.2) is 4.79 Å². The summed E-state index contributed by atoms with van der Waals surface area (Å²) in [6, 6.07) is 2.80. The Morgan fingerprint density at radius 3 is 2.55 bits per heavy atom. The van der Waals surface area contributed by atoms with E-state index in [4.69, 9.17) is 9.52 Å². The second kappa shape index (κ2) is 5.16. The van der Waals surface area contributed by atoms with Gasteiger partial charge in [0.25, 0.3) is 5.22 Å². The highest BCUT2D eigenvalue weighted by Gasteiger charge is 2.35. The lowest BCUT2D eigenvalue weighted by atomic mass is 10.1. The molecule has 0 radical (unpaired) electrons. The zero-order valence-electron chi connectivity index (χ0n) is 9.93. The maximum absolute atomic E-state index is 12.7. The average molecular weight is 304 g/mol. The summed E-state index contributed by atoms with van der Waals surface area (Å²) >= 11 is 0.888. The van der Waals surface area contributed by atoms with Crippen LogP contribution in [-0.4, -0.2) is 21.3 Å². The molecular weight excluding hydrogens is 297 g/mol. The van der Waals surface area contributed by atoms with Crippen LogP contribution in [0.25, 0.3) is 0 Å². The molecule has 0 unspecified atom stereocenters. The summed E-state index contributed by atoms with van der Waals surface area (Å²) in [6.07, 6.45) is -4.72. The standard InChI is InChI=1S/C11H7F3N2O3S/c1-5-15-16-10(19-5)20-6-2-3-8(11(12,13)14)7(4-6)9(17)18/h2-4H,1H3,(H,17,18). The molecule has 0 spiro atoms. The zero-order chi connectivity index (χ0) is 14.9. The van der Waals surface area contributed by atoms with Crippen LogP contribution in [0.3, 0.4) is 0 Å². The summed E-state index contributed by atoms with van der Waals surface area (Å²) in [5.41, 5.74) is -2.02. The molecule has 1 aromatic carbocycles. The van der Waals surface area contributed by atoms with Crippen molar-refractivity contribution in [1.29, 1.82) is 0 Å². The molecule has 2 aromatic rings. The maximum Gasteiger partial charge on any atom is 0.417 e. The molecular formula is C11H7F3N2O3S. The lowest BCUT2D eigenvalue weighted by Gasteiger charge is -2.10. The van der Waals surface area contributed by atoms with Crippen molar-refractivity contribution in [3.8, 4) is 0 Å². The highest BCUT2D eigenvalue weighted by atomic mass is 32.2. The summed E-state index contributed by atoms with van der Waals surface area (Å²) in [4.78, 5) is 11.2. The van der Waals surface area contributed by atoms with Crippen molar-refractivity contribution in [2.24, 2.45) is 0 Å². The number of aromatic carboxylic acids is 1. The fraction of sp³-hybridized carbons (Fsp3) is 0.182. The number of aryl methyl sites for hydroxylation is 1. The van der Waals surface area contributed by atoms with Crippen molar-refractivity contribution in [3.05, 3.63) is 35.2 Å². The summed E-state index contributed by atoms with van der Waals surface area (Å²) in [5.74, 6) is -1.35. The number of aromatic nitrogens is 2. The Kier molecular flexibility index (Phi) is 3.71. The SMILES string of the molecule is Cc1nnc(Sc2ccc(C(F)(F)F)c(C(=O)O)c2)o1. The van der Waals surface area contributed by atoms with Crippen molar-refractivity contribution in [1.82, 2.24) is 10.2 Å².